The number of aliphatic carboxylic acids is 1. The summed E-state index contributed by atoms with van der Waals surface area (Å²) in [5.41, 5.74) is 8.25. The molecule has 1 fully saturated rings. The van der Waals surface area contributed by atoms with Crippen LogP contribution in [0.5, 0.6) is 5.75 Å². The Morgan fingerprint density at radius 2 is 1.34 bits per heavy atom. The number of phenols is 1. The minimum atomic E-state index is -1.42. The molecule has 9 aromatic rings. The Balaban J connectivity index is 1.01. The summed E-state index contributed by atoms with van der Waals surface area (Å²) in [7, 11) is 0. The van der Waals surface area contributed by atoms with Crippen LogP contribution in [0, 0.1) is 12.8 Å². The summed E-state index contributed by atoms with van der Waals surface area (Å²) in [4.78, 5) is 130. The zero-order valence-electron chi connectivity index (χ0n) is 44.4. The molecule has 10 bridgehead atoms. The van der Waals surface area contributed by atoms with Crippen LogP contribution < -0.4 is 27.0 Å². The minimum Gasteiger partial charge on any atom is -0.508 e. The van der Waals surface area contributed by atoms with Gasteiger partial charge in [-0.15, -0.1) is 68.0 Å². The van der Waals surface area contributed by atoms with E-state index < -0.39 is 96.7 Å². The molecule has 0 saturated carbocycles. The number of carboxylic acids is 1. The number of nitrogens with zero attached hydrogens (tertiary/aromatic N) is 8. The summed E-state index contributed by atoms with van der Waals surface area (Å²) in [6, 6.07) is 13.5. The predicted octanol–water partition coefficient (Wildman–Crippen LogP) is 6.10. The highest BCUT2D eigenvalue weighted by atomic mass is 32.1. The third-order valence-electron chi connectivity index (χ3n) is 13.8. The van der Waals surface area contributed by atoms with Crippen LogP contribution in [0.4, 0.5) is 0 Å². The summed E-state index contributed by atoms with van der Waals surface area (Å²) < 4.78 is 0. The number of benzene rings is 2. The number of aryl methyl sites for hydroxylation is 1. The van der Waals surface area contributed by atoms with Crippen molar-refractivity contribution in [1.82, 2.24) is 61.1 Å². The standard InChI is InChI=1S/C55H47N13O11S6/c1-23-37(70)17-68-43(23)54-65-36(22-84-54)51-61-32(18-81-51)41-28(12-13-29(58-41)50-63-33(19-82-50)45(75)57-16-39(72)73)49-62-34(20-80-49)46(76)59-30(15-38(56)71)52-67-40(24(2)85-52)48(78)66-42(44(74)26-6-4-3-5-7-26)53-64-35(21-83-53)47(77)60-31(55(68)79)14-25-8-10-27(69)11-9-25/h3-13,18-23,30-31,37,42-44,69-70,74H,14-17H2,1-2H3,(H2,56,71)(H,57,75)(H,59,76)(H,60,77)(H,66,78)(H,72,73)/t23-,30-,31-,37-,42-,43-,44+/m0/s1. The van der Waals surface area contributed by atoms with Crippen LogP contribution in [-0.2, 0) is 20.8 Å². The van der Waals surface area contributed by atoms with Gasteiger partial charge in [0.15, 0.2) is 0 Å². The van der Waals surface area contributed by atoms with Crippen molar-refractivity contribution < 1.29 is 54.0 Å². The van der Waals surface area contributed by atoms with Crippen LogP contribution in [0.3, 0.4) is 0 Å². The average molecular weight is 1260 g/mol. The fourth-order valence-corrected chi connectivity index (χ4v) is 14.9. The van der Waals surface area contributed by atoms with E-state index in [4.69, 9.17) is 30.8 Å². The summed E-state index contributed by atoms with van der Waals surface area (Å²) >= 11 is 6.70. The summed E-state index contributed by atoms with van der Waals surface area (Å²) in [5, 5.41) is 63.3. The maximum absolute atomic E-state index is 15.1. The second-order valence-corrected chi connectivity index (χ2v) is 25.2. The minimum absolute atomic E-state index is 0.0126. The highest BCUT2D eigenvalue weighted by Gasteiger charge is 2.45. The van der Waals surface area contributed by atoms with E-state index in [9.17, 15) is 44.1 Å². The van der Waals surface area contributed by atoms with E-state index in [-0.39, 0.29) is 51.5 Å². The third kappa shape index (κ3) is 12.5. The second-order valence-electron chi connectivity index (χ2n) is 19.6. The van der Waals surface area contributed by atoms with Crippen molar-refractivity contribution in [1.29, 1.82) is 0 Å². The van der Waals surface area contributed by atoms with Crippen LogP contribution in [0.2, 0.25) is 0 Å². The number of hydrogen-bond acceptors (Lipinski definition) is 23. The molecule has 7 aromatic heterocycles. The van der Waals surface area contributed by atoms with E-state index >= 15 is 4.79 Å². The van der Waals surface area contributed by atoms with Gasteiger partial charge < -0.3 is 52.3 Å². The van der Waals surface area contributed by atoms with Crippen molar-refractivity contribution in [3.8, 4) is 49.1 Å². The van der Waals surface area contributed by atoms with E-state index in [0.717, 1.165) is 45.3 Å². The number of aliphatic hydroxyl groups excluding tert-OH is 2. The molecule has 9 heterocycles. The van der Waals surface area contributed by atoms with Gasteiger partial charge in [-0.05, 0) is 42.3 Å². The first-order chi connectivity index (χ1) is 40.8. The van der Waals surface area contributed by atoms with Gasteiger partial charge in [0.2, 0.25) is 11.8 Å². The molecule has 2 aliphatic rings. The Bertz CT molecular complexity index is 4050. The number of phenolic OH excluding ortho intramolecular Hbond substituents is 1. The molecule has 30 heteroatoms. The topological polar surface area (TPSA) is 368 Å². The fraction of sp³-hybridized carbons (Fsp3) is 0.236. The van der Waals surface area contributed by atoms with E-state index in [2.05, 4.69) is 36.2 Å². The molecule has 10 N–H and O–H groups in total. The highest BCUT2D eigenvalue weighted by Crippen LogP contribution is 2.43. The number of rotatable bonds is 10. The van der Waals surface area contributed by atoms with Crippen LogP contribution in [0.15, 0.2) is 93.6 Å². The van der Waals surface area contributed by atoms with Crippen molar-refractivity contribution in [2.45, 2.75) is 63.1 Å². The quantitative estimate of drug-likeness (QED) is 0.0746. The molecule has 0 spiro atoms. The van der Waals surface area contributed by atoms with Crippen LogP contribution in [-0.4, -0.2) is 127 Å². The normalized spacial score (nSPS) is 19.5. The van der Waals surface area contributed by atoms with Crippen molar-refractivity contribution in [2.24, 2.45) is 11.7 Å². The van der Waals surface area contributed by atoms with Crippen LogP contribution >= 0.6 is 68.0 Å². The van der Waals surface area contributed by atoms with Crippen LogP contribution in [0.1, 0.15) is 111 Å². The monoisotopic (exact) mass is 1260 g/mol. The molecule has 24 nitrogen and oxygen atoms in total. The number of amides is 6. The number of thiazole rings is 6. The molecule has 7 atom stereocenters. The number of nitrogens with one attached hydrogen (secondary N) is 4. The maximum atomic E-state index is 15.1. The van der Waals surface area contributed by atoms with E-state index in [1.807, 2.05) is 0 Å². The fourth-order valence-electron chi connectivity index (χ4n) is 9.55. The molecule has 0 unspecified atom stereocenters. The summed E-state index contributed by atoms with van der Waals surface area (Å²) in [5.74, 6) is -6.04. The molecule has 1 saturated heterocycles. The Labute approximate surface area is 505 Å². The first kappa shape index (κ1) is 58.2. The largest absolute Gasteiger partial charge is 0.508 e. The van der Waals surface area contributed by atoms with E-state index in [1.54, 1.807) is 79.2 Å². The van der Waals surface area contributed by atoms with E-state index in [1.165, 1.54) is 55.8 Å². The summed E-state index contributed by atoms with van der Waals surface area (Å²) in [6.45, 7) is 2.70. The smallest absolute Gasteiger partial charge is 0.322 e. The van der Waals surface area contributed by atoms with Gasteiger partial charge in [-0.3, -0.25) is 33.6 Å². The highest BCUT2D eigenvalue weighted by molar-refractivity contribution is 7.15. The van der Waals surface area contributed by atoms with Crippen molar-refractivity contribution in [3.63, 3.8) is 0 Å². The number of aromatic nitrogens is 7. The first-order valence-electron chi connectivity index (χ1n) is 25.8. The first-order valence-corrected chi connectivity index (χ1v) is 31.0. The number of pyridine rings is 1. The second kappa shape index (κ2) is 24.5. The number of fused-ring (bicyclic) bond motifs is 16. The number of primary amides is 1. The number of nitrogens with two attached hydrogens (primary N) is 1. The zero-order valence-corrected chi connectivity index (χ0v) is 49.3. The Morgan fingerprint density at radius 3 is 2.09 bits per heavy atom. The van der Waals surface area contributed by atoms with Gasteiger partial charge in [0.1, 0.15) is 100 Å². The average Bonchev–Trinajstić information content (AvgIpc) is 2.43. The van der Waals surface area contributed by atoms with Gasteiger partial charge >= 0.3 is 5.97 Å². The van der Waals surface area contributed by atoms with Crippen molar-refractivity contribution in [2.75, 3.05) is 13.1 Å². The number of aromatic hydroxyl groups is 1. The van der Waals surface area contributed by atoms with E-state index in [0.29, 0.717) is 64.4 Å². The molecule has 0 radical (unpaired) electrons. The molecule has 2 aliphatic heterocycles. The molecule has 2 aromatic carbocycles. The third-order valence-corrected chi connectivity index (χ3v) is 19.4. The molecule has 11 rings (SSSR count). The Kier molecular flexibility index (Phi) is 16.8. The van der Waals surface area contributed by atoms with Gasteiger partial charge in [-0.1, -0.05) is 49.4 Å². The Hall–Kier alpha value is -8.62. The van der Waals surface area contributed by atoms with Gasteiger partial charge in [0.05, 0.1) is 30.3 Å². The lowest BCUT2D eigenvalue weighted by atomic mass is 10.00. The van der Waals surface area contributed by atoms with Gasteiger partial charge in [-0.25, -0.2) is 34.9 Å². The van der Waals surface area contributed by atoms with Gasteiger partial charge in [0.25, 0.3) is 23.6 Å². The lowest BCUT2D eigenvalue weighted by Crippen LogP contribution is -2.50. The number of carboxylic acid groups (broad SMARTS) is 1. The van der Waals surface area contributed by atoms with Crippen LogP contribution in [0.25, 0.3) is 43.4 Å². The van der Waals surface area contributed by atoms with Crippen molar-refractivity contribution in [3.05, 3.63) is 147 Å². The molecule has 0 aliphatic carbocycles. The molecular weight excluding hydrogens is 1210 g/mol. The molecule has 85 heavy (non-hydrogen) atoms. The Morgan fingerprint density at radius 1 is 0.694 bits per heavy atom. The number of carbonyl (C=O) groups is 7. The predicted molar refractivity (Wildman–Crippen MR) is 316 cm³/mol. The lowest BCUT2D eigenvalue weighted by molar-refractivity contribution is -0.136. The SMILES string of the molecule is Cc1sc2nc1C(=O)N[C@@H]([C@H](O)c1ccccc1)c1nc(cs1)C(=O)N[C@@H](Cc1ccc(O)cc1)C(=O)N1C[C@H](O)[C@H](C)[C@H]1c1nc(cs1)-c1nc(cs1)-c1nc(-c3nc(C(=O)NCC(=O)O)cs3)ccc1-c1nc(cs1)C(=O)N[C@H]2CC(N)=O. The van der Waals surface area contributed by atoms with Crippen molar-refractivity contribution >= 4 is 109 Å². The number of carbonyl (C=O) groups excluding carboxylic acids is 6. The van der Waals surface area contributed by atoms with Gasteiger partial charge in [-0.2, -0.15) is 0 Å². The zero-order chi connectivity index (χ0) is 59.8. The molecule has 434 valence electrons. The number of hydrogen-bond donors (Lipinski definition) is 9. The maximum Gasteiger partial charge on any atom is 0.322 e. The molecule has 6 amide bonds. The molecular formula is C55H47N13O11S6. The van der Waals surface area contributed by atoms with Gasteiger partial charge in [0, 0.05) is 56.2 Å². The summed E-state index contributed by atoms with van der Waals surface area (Å²) in [6.07, 6.45) is -2.87. The number of aliphatic hydroxyl groups is 2. The lowest BCUT2D eigenvalue weighted by Gasteiger charge is -2.29.